The number of hydrogen-bond acceptors (Lipinski definition) is 4. The third kappa shape index (κ3) is 3.17. The van der Waals surface area contributed by atoms with Crippen molar-refractivity contribution in [1.82, 2.24) is 20.1 Å². The molecule has 0 aromatic carbocycles. The minimum atomic E-state index is -0.223. The van der Waals surface area contributed by atoms with Gasteiger partial charge in [-0.2, -0.15) is 5.10 Å². The fourth-order valence-electron chi connectivity index (χ4n) is 1.58. The largest absolute Gasteiger partial charge is 0.396 e. The highest BCUT2D eigenvalue weighted by atomic mass is 16.3. The van der Waals surface area contributed by atoms with Gasteiger partial charge in [0.1, 0.15) is 0 Å². The number of carbonyl (C=O) groups excluding carboxylic acids is 1. The van der Waals surface area contributed by atoms with E-state index < -0.39 is 0 Å². The van der Waals surface area contributed by atoms with Crippen LogP contribution in [0, 0.1) is 5.92 Å². The lowest BCUT2D eigenvalue weighted by atomic mass is 10.2. The summed E-state index contributed by atoms with van der Waals surface area (Å²) in [6, 6.07) is 5.17. The number of aromatic nitrogens is 3. The summed E-state index contributed by atoms with van der Waals surface area (Å²) in [5, 5.41) is 15.8. The van der Waals surface area contributed by atoms with E-state index in [9.17, 15) is 4.79 Å². The molecule has 1 unspecified atom stereocenters. The number of aliphatic hydroxyl groups excluding tert-OH is 1. The average Bonchev–Trinajstić information content (AvgIpc) is 2.98. The fraction of sp³-hybridized carbons (Fsp3) is 0.308. The maximum absolute atomic E-state index is 12.1. The smallest absolute Gasteiger partial charge is 0.255 e. The first kappa shape index (κ1) is 13.2. The lowest BCUT2D eigenvalue weighted by Gasteiger charge is -2.11. The van der Waals surface area contributed by atoms with Gasteiger partial charge in [-0.1, -0.05) is 6.92 Å². The van der Waals surface area contributed by atoms with Crippen molar-refractivity contribution in [2.75, 3.05) is 13.2 Å². The average molecular weight is 260 g/mol. The Labute approximate surface area is 111 Å². The van der Waals surface area contributed by atoms with Crippen molar-refractivity contribution in [2.24, 2.45) is 5.92 Å². The van der Waals surface area contributed by atoms with Gasteiger partial charge < -0.3 is 10.4 Å². The van der Waals surface area contributed by atoms with E-state index in [0.29, 0.717) is 17.9 Å². The highest BCUT2D eigenvalue weighted by molar-refractivity contribution is 5.97. The van der Waals surface area contributed by atoms with E-state index in [-0.39, 0.29) is 18.4 Å². The van der Waals surface area contributed by atoms with Gasteiger partial charge in [-0.15, -0.1) is 0 Å². The number of nitrogens with one attached hydrogen (secondary N) is 1. The molecule has 2 heterocycles. The van der Waals surface area contributed by atoms with Gasteiger partial charge in [0.2, 0.25) is 0 Å². The maximum Gasteiger partial charge on any atom is 0.255 e. The highest BCUT2D eigenvalue weighted by Crippen LogP contribution is 2.10. The van der Waals surface area contributed by atoms with Gasteiger partial charge in [0, 0.05) is 31.7 Å². The molecule has 0 aliphatic heterocycles. The molecule has 6 nitrogen and oxygen atoms in total. The molecule has 0 bridgehead atoms. The summed E-state index contributed by atoms with van der Waals surface area (Å²) in [5.74, 6) is 0.286. The molecule has 0 fully saturated rings. The molecule has 1 amide bonds. The van der Waals surface area contributed by atoms with Crippen LogP contribution in [0.2, 0.25) is 0 Å². The van der Waals surface area contributed by atoms with Gasteiger partial charge in [0.15, 0.2) is 5.82 Å². The lowest BCUT2D eigenvalue weighted by Crippen LogP contribution is -2.30. The molecular weight excluding hydrogens is 244 g/mol. The van der Waals surface area contributed by atoms with Gasteiger partial charge in [-0.3, -0.25) is 4.79 Å². The standard InChI is InChI=1S/C13H16N4O2/c1-10(9-18)8-15-13(19)11-4-2-5-14-12(11)17-7-3-6-16-17/h2-7,10,18H,8-9H2,1H3,(H,15,19). The lowest BCUT2D eigenvalue weighted by molar-refractivity contribution is 0.0942. The predicted molar refractivity (Wildman–Crippen MR) is 69.9 cm³/mol. The predicted octanol–water partition coefficient (Wildman–Crippen LogP) is 0.625. The van der Waals surface area contributed by atoms with Crippen LogP contribution in [-0.2, 0) is 0 Å². The summed E-state index contributed by atoms with van der Waals surface area (Å²) in [5.41, 5.74) is 0.455. The molecule has 2 aromatic rings. The van der Waals surface area contributed by atoms with E-state index in [4.69, 9.17) is 5.11 Å². The molecule has 100 valence electrons. The van der Waals surface area contributed by atoms with E-state index in [1.165, 1.54) is 0 Å². The first-order valence-electron chi connectivity index (χ1n) is 6.06. The van der Waals surface area contributed by atoms with Gasteiger partial charge in [0.05, 0.1) is 5.56 Å². The Morgan fingerprint density at radius 2 is 2.32 bits per heavy atom. The van der Waals surface area contributed by atoms with E-state index >= 15 is 0 Å². The van der Waals surface area contributed by atoms with Gasteiger partial charge >= 0.3 is 0 Å². The molecular formula is C13H16N4O2. The molecule has 2 rings (SSSR count). The van der Waals surface area contributed by atoms with Crippen molar-refractivity contribution in [1.29, 1.82) is 0 Å². The second kappa shape index (κ2) is 6.10. The molecule has 0 spiro atoms. The number of nitrogens with zero attached hydrogens (tertiary/aromatic N) is 3. The molecule has 1 atom stereocenters. The number of pyridine rings is 1. The molecule has 2 aromatic heterocycles. The summed E-state index contributed by atoms with van der Waals surface area (Å²) in [6.07, 6.45) is 4.98. The zero-order valence-corrected chi connectivity index (χ0v) is 10.7. The second-order valence-electron chi connectivity index (χ2n) is 4.32. The van der Waals surface area contributed by atoms with Crippen LogP contribution >= 0.6 is 0 Å². The zero-order chi connectivity index (χ0) is 13.7. The molecule has 2 N–H and O–H groups in total. The third-order valence-corrected chi connectivity index (χ3v) is 2.68. The Hall–Kier alpha value is -2.21. The normalized spacial score (nSPS) is 12.1. The number of rotatable bonds is 5. The van der Waals surface area contributed by atoms with Crippen LogP contribution in [0.25, 0.3) is 5.82 Å². The van der Waals surface area contributed by atoms with Gasteiger partial charge in [0.25, 0.3) is 5.91 Å². The molecule has 0 aliphatic carbocycles. The van der Waals surface area contributed by atoms with Crippen LogP contribution in [0.1, 0.15) is 17.3 Å². The van der Waals surface area contributed by atoms with Crippen molar-refractivity contribution in [3.05, 3.63) is 42.4 Å². The van der Waals surface area contributed by atoms with E-state index in [1.807, 2.05) is 6.92 Å². The van der Waals surface area contributed by atoms with Crippen molar-refractivity contribution in [3.63, 3.8) is 0 Å². The summed E-state index contributed by atoms with van der Waals surface area (Å²) < 4.78 is 1.55. The number of carbonyl (C=O) groups is 1. The van der Waals surface area contributed by atoms with Crippen LogP contribution in [0.4, 0.5) is 0 Å². The molecule has 19 heavy (non-hydrogen) atoms. The highest BCUT2D eigenvalue weighted by Gasteiger charge is 2.14. The molecule has 0 saturated carbocycles. The maximum atomic E-state index is 12.1. The monoisotopic (exact) mass is 260 g/mol. The minimum Gasteiger partial charge on any atom is -0.396 e. The first-order chi connectivity index (χ1) is 9.22. The summed E-state index contributed by atoms with van der Waals surface area (Å²) >= 11 is 0. The second-order valence-corrected chi connectivity index (χ2v) is 4.32. The van der Waals surface area contributed by atoms with Gasteiger partial charge in [-0.05, 0) is 24.1 Å². The summed E-state index contributed by atoms with van der Waals surface area (Å²) in [7, 11) is 0. The van der Waals surface area contributed by atoms with E-state index in [1.54, 1.807) is 41.5 Å². The third-order valence-electron chi connectivity index (χ3n) is 2.68. The van der Waals surface area contributed by atoms with Crippen LogP contribution in [0.3, 0.4) is 0 Å². The number of hydrogen-bond donors (Lipinski definition) is 2. The van der Waals surface area contributed by atoms with Crippen molar-refractivity contribution in [2.45, 2.75) is 6.92 Å². The molecule has 6 heteroatoms. The first-order valence-corrected chi connectivity index (χ1v) is 6.06. The Morgan fingerprint density at radius 1 is 1.47 bits per heavy atom. The SMILES string of the molecule is CC(CO)CNC(=O)c1cccnc1-n1cccn1. The van der Waals surface area contributed by atoms with Crippen LogP contribution in [-0.4, -0.2) is 38.9 Å². The molecule has 0 radical (unpaired) electrons. The summed E-state index contributed by atoms with van der Waals surface area (Å²) in [4.78, 5) is 16.3. The zero-order valence-electron chi connectivity index (χ0n) is 10.7. The van der Waals surface area contributed by atoms with Crippen molar-refractivity contribution in [3.8, 4) is 5.82 Å². The summed E-state index contributed by atoms with van der Waals surface area (Å²) in [6.45, 7) is 2.32. The minimum absolute atomic E-state index is 0.0220. The molecule has 0 aliphatic rings. The Bertz CT molecular complexity index is 539. The Balaban J connectivity index is 2.18. The Morgan fingerprint density at radius 3 is 3.00 bits per heavy atom. The Kier molecular flexibility index (Phi) is 4.25. The van der Waals surface area contributed by atoms with Crippen LogP contribution in [0.5, 0.6) is 0 Å². The number of amides is 1. The number of aliphatic hydroxyl groups is 1. The van der Waals surface area contributed by atoms with Crippen LogP contribution in [0.15, 0.2) is 36.8 Å². The van der Waals surface area contributed by atoms with Gasteiger partial charge in [-0.25, -0.2) is 9.67 Å². The molecule has 0 saturated heterocycles. The quantitative estimate of drug-likeness (QED) is 0.826. The van der Waals surface area contributed by atoms with Crippen molar-refractivity contribution >= 4 is 5.91 Å². The van der Waals surface area contributed by atoms with E-state index in [0.717, 1.165) is 0 Å². The topological polar surface area (TPSA) is 80.0 Å². The van der Waals surface area contributed by atoms with Crippen molar-refractivity contribution < 1.29 is 9.90 Å². The van der Waals surface area contributed by atoms with Crippen LogP contribution < -0.4 is 5.32 Å². The fourth-order valence-corrected chi connectivity index (χ4v) is 1.58. The van der Waals surface area contributed by atoms with E-state index in [2.05, 4.69) is 15.4 Å².